The highest BCUT2D eigenvalue weighted by Crippen LogP contribution is 2.19. The lowest BCUT2D eigenvalue weighted by atomic mass is 10.1. The molecule has 0 aliphatic carbocycles. The minimum atomic E-state index is -0.343. The number of aryl methyl sites for hydroxylation is 1. The number of pyridine rings is 1. The van der Waals surface area contributed by atoms with E-state index >= 15 is 0 Å². The van der Waals surface area contributed by atoms with Crippen molar-refractivity contribution in [2.45, 2.75) is 6.92 Å². The monoisotopic (exact) mass is 413 g/mol. The molecule has 1 aliphatic heterocycles. The van der Waals surface area contributed by atoms with Crippen molar-refractivity contribution in [2.24, 2.45) is 4.99 Å². The molecule has 2 amide bonds. The maximum atomic E-state index is 12.8. The molecule has 0 bridgehead atoms. The zero-order valence-corrected chi connectivity index (χ0v) is 17.4. The van der Waals surface area contributed by atoms with Gasteiger partial charge in [-0.05, 0) is 42.8 Å². The van der Waals surface area contributed by atoms with Crippen LogP contribution in [0.4, 0.5) is 11.5 Å². The van der Waals surface area contributed by atoms with Crippen LogP contribution in [0.3, 0.4) is 0 Å². The lowest BCUT2D eigenvalue weighted by molar-refractivity contribution is 0.102. The van der Waals surface area contributed by atoms with Crippen LogP contribution in [0.5, 0.6) is 0 Å². The molecule has 0 saturated heterocycles. The molecule has 1 aliphatic rings. The first-order valence-corrected chi connectivity index (χ1v) is 10.0. The number of carbonyl (C=O) groups is 2. The van der Waals surface area contributed by atoms with Gasteiger partial charge in [0, 0.05) is 30.9 Å². The number of hydrogen-bond donors (Lipinski definition) is 2. The van der Waals surface area contributed by atoms with Crippen molar-refractivity contribution in [1.29, 1.82) is 0 Å². The molecule has 3 aromatic rings. The maximum Gasteiger partial charge on any atom is 0.258 e. The van der Waals surface area contributed by atoms with E-state index in [1.54, 1.807) is 48.7 Å². The summed E-state index contributed by atoms with van der Waals surface area (Å²) in [5.41, 5.74) is 3.27. The molecule has 2 N–H and O–H groups in total. The van der Waals surface area contributed by atoms with Crippen LogP contribution in [0.15, 0.2) is 71.9 Å². The van der Waals surface area contributed by atoms with Crippen LogP contribution in [0.25, 0.3) is 0 Å². The highest BCUT2D eigenvalue weighted by atomic mass is 16.2. The summed E-state index contributed by atoms with van der Waals surface area (Å²) in [6.45, 7) is 3.61. The number of amidine groups is 1. The van der Waals surface area contributed by atoms with Crippen molar-refractivity contribution < 1.29 is 9.59 Å². The Labute approximate surface area is 180 Å². The number of nitrogens with one attached hydrogen (secondary N) is 2. The average molecular weight is 413 g/mol. The Hall–Kier alpha value is -4.00. The molecule has 0 unspecified atom stereocenters. The summed E-state index contributed by atoms with van der Waals surface area (Å²) in [7, 11) is 2.00. The Balaban J connectivity index is 1.48. The van der Waals surface area contributed by atoms with Gasteiger partial charge >= 0.3 is 0 Å². The number of rotatable bonds is 5. The predicted octanol–water partition coefficient (Wildman–Crippen LogP) is 3.59. The fourth-order valence-corrected chi connectivity index (χ4v) is 3.32. The smallest absolute Gasteiger partial charge is 0.258 e. The van der Waals surface area contributed by atoms with Crippen molar-refractivity contribution in [1.82, 2.24) is 9.88 Å². The lowest BCUT2D eigenvalue weighted by Crippen LogP contribution is -2.23. The van der Waals surface area contributed by atoms with Gasteiger partial charge in [0.1, 0.15) is 11.7 Å². The van der Waals surface area contributed by atoms with E-state index in [-0.39, 0.29) is 11.8 Å². The molecular weight excluding hydrogens is 390 g/mol. The number of amides is 2. The minimum Gasteiger partial charge on any atom is -0.358 e. The first-order chi connectivity index (χ1) is 15.0. The third-order valence-electron chi connectivity index (χ3n) is 5.04. The van der Waals surface area contributed by atoms with E-state index in [0.717, 1.165) is 30.1 Å². The molecule has 7 nitrogen and oxygen atoms in total. The van der Waals surface area contributed by atoms with Crippen LogP contribution in [0.2, 0.25) is 0 Å². The fraction of sp³-hybridized carbons (Fsp3) is 0.167. The summed E-state index contributed by atoms with van der Waals surface area (Å²) in [5, 5.41) is 5.60. The van der Waals surface area contributed by atoms with Crippen molar-refractivity contribution >= 4 is 29.2 Å². The van der Waals surface area contributed by atoms with Crippen molar-refractivity contribution in [3.8, 4) is 0 Å². The number of likely N-dealkylation sites (N-methyl/N-ethyl adjacent to an activating group) is 1. The largest absolute Gasteiger partial charge is 0.358 e. The van der Waals surface area contributed by atoms with E-state index in [0.29, 0.717) is 22.6 Å². The van der Waals surface area contributed by atoms with Gasteiger partial charge in [0.05, 0.1) is 17.8 Å². The molecule has 1 aromatic heterocycles. The molecule has 156 valence electrons. The maximum absolute atomic E-state index is 12.8. The Morgan fingerprint density at radius 2 is 1.71 bits per heavy atom. The Kier molecular flexibility index (Phi) is 5.75. The van der Waals surface area contributed by atoms with Crippen molar-refractivity contribution in [3.05, 3.63) is 89.1 Å². The standard InChI is InChI=1S/C24H23N5O2/c1-16-7-12-21(26-15-16)28-24(31)19-5-3-4-6-20(19)27-23(30)18-10-8-17(9-11-18)22-25-13-14-29(22)2/h3-12,15H,13-14H2,1-2H3,(H,27,30)(H,26,28,31). The number of para-hydroxylation sites is 1. The second-order valence-corrected chi connectivity index (χ2v) is 7.38. The molecular formula is C24H23N5O2. The Morgan fingerprint density at radius 3 is 2.39 bits per heavy atom. The van der Waals surface area contributed by atoms with Crippen LogP contribution >= 0.6 is 0 Å². The molecule has 0 radical (unpaired) electrons. The summed E-state index contributed by atoms with van der Waals surface area (Å²) in [6, 6.07) is 17.8. The number of aromatic nitrogens is 1. The highest BCUT2D eigenvalue weighted by molar-refractivity contribution is 6.12. The fourth-order valence-electron chi connectivity index (χ4n) is 3.32. The van der Waals surface area contributed by atoms with Crippen LogP contribution < -0.4 is 10.6 Å². The van der Waals surface area contributed by atoms with Gasteiger partial charge in [0.25, 0.3) is 11.8 Å². The van der Waals surface area contributed by atoms with E-state index in [2.05, 4.69) is 25.5 Å². The summed E-state index contributed by atoms with van der Waals surface area (Å²) < 4.78 is 0. The van der Waals surface area contributed by atoms with Gasteiger partial charge in [0.2, 0.25) is 0 Å². The van der Waals surface area contributed by atoms with Crippen LogP contribution in [0, 0.1) is 6.92 Å². The second kappa shape index (κ2) is 8.79. The van der Waals surface area contributed by atoms with Crippen LogP contribution in [0.1, 0.15) is 31.8 Å². The normalized spacial score (nSPS) is 13.0. The average Bonchev–Trinajstić information content (AvgIpc) is 3.21. The second-order valence-electron chi connectivity index (χ2n) is 7.38. The third kappa shape index (κ3) is 4.61. The highest BCUT2D eigenvalue weighted by Gasteiger charge is 2.17. The van der Waals surface area contributed by atoms with E-state index in [1.165, 1.54) is 0 Å². The van der Waals surface area contributed by atoms with Crippen LogP contribution in [-0.4, -0.2) is 47.7 Å². The Morgan fingerprint density at radius 1 is 0.935 bits per heavy atom. The van der Waals surface area contributed by atoms with E-state index in [1.807, 2.05) is 32.2 Å². The third-order valence-corrected chi connectivity index (χ3v) is 5.04. The molecule has 7 heteroatoms. The molecule has 4 rings (SSSR count). The van der Waals surface area contributed by atoms with Gasteiger partial charge in [-0.25, -0.2) is 4.98 Å². The SMILES string of the molecule is Cc1ccc(NC(=O)c2ccccc2NC(=O)c2ccc(C3=NCCN3C)cc2)nc1. The predicted molar refractivity (Wildman–Crippen MR) is 122 cm³/mol. The van der Waals surface area contributed by atoms with Gasteiger partial charge in [0.15, 0.2) is 0 Å². The molecule has 0 fully saturated rings. The van der Waals surface area contributed by atoms with Crippen LogP contribution in [-0.2, 0) is 0 Å². The first kappa shape index (κ1) is 20.3. The summed E-state index contributed by atoms with van der Waals surface area (Å²) in [6.07, 6.45) is 1.68. The van der Waals surface area contributed by atoms with Gasteiger partial charge in [-0.2, -0.15) is 0 Å². The first-order valence-electron chi connectivity index (χ1n) is 10.0. The number of carbonyl (C=O) groups excluding carboxylic acids is 2. The van der Waals surface area contributed by atoms with Gasteiger partial charge in [-0.1, -0.05) is 30.3 Å². The zero-order valence-electron chi connectivity index (χ0n) is 17.4. The number of hydrogen-bond acceptors (Lipinski definition) is 5. The molecule has 0 atom stereocenters. The topological polar surface area (TPSA) is 86.7 Å². The number of aliphatic imine (C=N–C) groups is 1. The number of benzene rings is 2. The lowest BCUT2D eigenvalue weighted by Gasteiger charge is -2.14. The number of anilines is 2. The van der Waals surface area contributed by atoms with Gasteiger partial charge in [-0.3, -0.25) is 14.6 Å². The molecule has 0 spiro atoms. The molecule has 31 heavy (non-hydrogen) atoms. The molecule has 0 saturated carbocycles. The zero-order chi connectivity index (χ0) is 21.8. The number of nitrogens with zero attached hydrogens (tertiary/aromatic N) is 3. The van der Waals surface area contributed by atoms with Gasteiger partial charge < -0.3 is 15.5 Å². The van der Waals surface area contributed by atoms with E-state index < -0.39 is 0 Å². The van der Waals surface area contributed by atoms with Crippen molar-refractivity contribution in [3.63, 3.8) is 0 Å². The van der Waals surface area contributed by atoms with Gasteiger partial charge in [-0.15, -0.1) is 0 Å². The Bertz CT molecular complexity index is 1140. The quantitative estimate of drug-likeness (QED) is 0.669. The van der Waals surface area contributed by atoms with Crippen molar-refractivity contribution in [2.75, 3.05) is 30.8 Å². The summed E-state index contributed by atoms with van der Waals surface area (Å²) >= 11 is 0. The summed E-state index contributed by atoms with van der Waals surface area (Å²) in [5.74, 6) is 0.748. The summed E-state index contributed by atoms with van der Waals surface area (Å²) in [4.78, 5) is 36.3. The van der Waals surface area contributed by atoms with E-state index in [4.69, 9.17) is 0 Å². The van der Waals surface area contributed by atoms with E-state index in [9.17, 15) is 9.59 Å². The molecule has 2 heterocycles. The molecule has 2 aromatic carbocycles. The minimum absolute atomic E-state index is 0.290.